The van der Waals surface area contributed by atoms with Gasteiger partial charge in [0.2, 0.25) is 5.91 Å². The van der Waals surface area contributed by atoms with Gasteiger partial charge in [-0.2, -0.15) is 0 Å². The summed E-state index contributed by atoms with van der Waals surface area (Å²) in [5, 5.41) is 6.40. The molecule has 0 spiro atoms. The average molecular weight is 461 g/mol. The van der Waals surface area contributed by atoms with E-state index < -0.39 is 5.91 Å². The average Bonchev–Trinajstić information content (AvgIpc) is 2.81. The van der Waals surface area contributed by atoms with Crippen molar-refractivity contribution in [3.05, 3.63) is 99.1 Å². The largest absolute Gasteiger partial charge is 0.343 e. The van der Waals surface area contributed by atoms with E-state index in [-0.39, 0.29) is 18.0 Å². The van der Waals surface area contributed by atoms with Gasteiger partial charge in [-0.25, -0.2) is 4.98 Å². The second kappa shape index (κ2) is 9.26. The standard InChI is InChI=1S/C25H21ClN4O3/c1-15-20(26)7-5-9-21(15)29-23(31)14-27-24(32)17-10-12-18(13-11-17)30-16(2)28-22-8-4-3-6-19(22)25(30)33/h3-13H,14H2,1-2H3,(H,27,32)(H,29,31). The predicted octanol–water partition coefficient (Wildman–Crippen LogP) is 4.02. The van der Waals surface area contributed by atoms with E-state index in [1.807, 2.05) is 6.07 Å². The highest BCUT2D eigenvalue weighted by atomic mass is 35.5. The Labute approximate surface area is 195 Å². The van der Waals surface area contributed by atoms with Crippen molar-refractivity contribution in [1.82, 2.24) is 14.9 Å². The van der Waals surface area contributed by atoms with Crippen molar-refractivity contribution in [3.63, 3.8) is 0 Å². The summed E-state index contributed by atoms with van der Waals surface area (Å²) in [5.74, 6) is -0.223. The Morgan fingerprint density at radius 3 is 2.45 bits per heavy atom. The monoisotopic (exact) mass is 460 g/mol. The van der Waals surface area contributed by atoms with E-state index in [0.29, 0.717) is 38.7 Å². The third-order valence-electron chi connectivity index (χ3n) is 5.28. The maximum absolute atomic E-state index is 12.9. The highest BCUT2D eigenvalue weighted by Crippen LogP contribution is 2.22. The molecule has 0 aliphatic carbocycles. The Balaban J connectivity index is 1.46. The number of hydrogen-bond donors (Lipinski definition) is 2. The number of aryl methyl sites for hydroxylation is 1. The summed E-state index contributed by atoms with van der Waals surface area (Å²) >= 11 is 6.06. The Hall–Kier alpha value is -3.97. The van der Waals surface area contributed by atoms with E-state index >= 15 is 0 Å². The van der Waals surface area contributed by atoms with E-state index in [4.69, 9.17) is 11.6 Å². The van der Waals surface area contributed by atoms with Gasteiger partial charge in [0.15, 0.2) is 0 Å². The summed E-state index contributed by atoms with van der Waals surface area (Å²) in [6.45, 7) is 3.37. The first-order valence-corrected chi connectivity index (χ1v) is 10.6. The van der Waals surface area contributed by atoms with Crippen molar-refractivity contribution in [2.24, 2.45) is 0 Å². The first-order valence-electron chi connectivity index (χ1n) is 10.3. The SMILES string of the molecule is Cc1c(Cl)cccc1NC(=O)CNC(=O)c1ccc(-n2c(C)nc3ccccc3c2=O)cc1. The number of rotatable bonds is 5. The molecule has 1 aromatic heterocycles. The third kappa shape index (κ3) is 4.63. The number of nitrogens with one attached hydrogen (secondary N) is 2. The van der Waals surface area contributed by atoms with Crippen LogP contribution in [0.5, 0.6) is 0 Å². The molecule has 3 aromatic carbocycles. The van der Waals surface area contributed by atoms with Crippen LogP contribution < -0.4 is 16.2 Å². The molecule has 0 fully saturated rings. The summed E-state index contributed by atoms with van der Waals surface area (Å²) in [6.07, 6.45) is 0. The van der Waals surface area contributed by atoms with Crippen LogP contribution in [0.2, 0.25) is 5.02 Å². The van der Waals surface area contributed by atoms with Crippen LogP contribution in [0.15, 0.2) is 71.5 Å². The highest BCUT2D eigenvalue weighted by Gasteiger charge is 2.13. The number of carbonyl (C=O) groups excluding carboxylic acids is 2. The van der Waals surface area contributed by atoms with Crippen LogP contribution in [0.4, 0.5) is 5.69 Å². The van der Waals surface area contributed by atoms with E-state index in [9.17, 15) is 14.4 Å². The molecule has 0 unspecified atom stereocenters. The molecule has 0 bridgehead atoms. The van der Waals surface area contributed by atoms with Crippen molar-refractivity contribution in [3.8, 4) is 5.69 Å². The van der Waals surface area contributed by atoms with Crippen LogP contribution in [-0.2, 0) is 4.79 Å². The smallest absolute Gasteiger partial charge is 0.265 e. The molecule has 0 saturated heterocycles. The van der Waals surface area contributed by atoms with Gasteiger partial charge in [0.25, 0.3) is 11.5 Å². The molecular formula is C25H21ClN4O3. The van der Waals surface area contributed by atoms with Gasteiger partial charge < -0.3 is 10.6 Å². The molecule has 4 aromatic rings. The van der Waals surface area contributed by atoms with E-state index in [0.717, 1.165) is 5.56 Å². The van der Waals surface area contributed by atoms with Gasteiger partial charge in [0.05, 0.1) is 23.1 Å². The topological polar surface area (TPSA) is 93.1 Å². The normalized spacial score (nSPS) is 10.8. The Morgan fingerprint density at radius 2 is 1.70 bits per heavy atom. The van der Waals surface area contributed by atoms with E-state index in [1.165, 1.54) is 4.57 Å². The molecule has 0 atom stereocenters. The van der Waals surface area contributed by atoms with Gasteiger partial charge in [-0.1, -0.05) is 29.8 Å². The van der Waals surface area contributed by atoms with Crippen molar-refractivity contribution in [1.29, 1.82) is 0 Å². The molecular weight excluding hydrogens is 440 g/mol. The number of halogens is 1. The first-order chi connectivity index (χ1) is 15.8. The summed E-state index contributed by atoms with van der Waals surface area (Å²) in [4.78, 5) is 42.1. The molecule has 166 valence electrons. The highest BCUT2D eigenvalue weighted by molar-refractivity contribution is 6.31. The zero-order valence-corrected chi connectivity index (χ0v) is 18.8. The third-order valence-corrected chi connectivity index (χ3v) is 5.69. The fourth-order valence-corrected chi connectivity index (χ4v) is 3.68. The molecule has 0 saturated carbocycles. The van der Waals surface area contributed by atoms with Crippen molar-refractivity contribution < 1.29 is 9.59 Å². The molecule has 0 aliphatic heterocycles. The minimum atomic E-state index is -0.403. The Kier molecular flexibility index (Phi) is 6.24. The van der Waals surface area contributed by atoms with Crippen LogP contribution in [0, 0.1) is 13.8 Å². The molecule has 8 heteroatoms. The molecule has 1 heterocycles. The Bertz CT molecular complexity index is 1430. The molecule has 0 aliphatic rings. The van der Waals surface area contributed by atoms with E-state index in [2.05, 4.69) is 15.6 Å². The van der Waals surface area contributed by atoms with Crippen LogP contribution in [0.3, 0.4) is 0 Å². The molecule has 2 amide bonds. The lowest BCUT2D eigenvalue weighted by atomic mass is 10.1. The number of fused-ring (bicyclic) bond motifs is 1. The predicted molar refractivity (Wildman–Crippen MR) is 129 cm³/mol. The van der Waals surface area contributed by atoms with Crippen LogP contribution in [0.1, 0.15) is 21.7 Å². The summed E-state index contributed by atoms with van der Waals surface area (Å²) < 4.78 is 1.50. The Morgan fingerprint density at radius 1 is 0.970 bits per heavy atom. The number of amides is 2. The molecule has 33 heavy (non-hydrogen) atoms. The fourth-order valence-electron chi connectivity index (χ4n) is 3.51. The van der Waals surface area contributed by atoms with Gasteiger partial charge in [0.1, 0.15) is 5.82 Å². The number of nitrogens with zero attached hydrogens (tertiary/aromatic N) is 2. The van der Waals surface area contributed by atoms with Crippen LogP contribution in [-0.4, -0.2) is 27.9 Å². The summed E-state index contributed by atoms with van der Waals surface area (Å²) in [5.41, 5.74) is 2.77. The number of anilines is 1. The zero-order chi connectivity index (χ0) is 23.5. The molecule has 2 N–H and O–H groups in total. The molecule has 0 radical (unpaired) electrons. The lowest BCUT2D eigenvalue weighted by molar-refractivity contribution is -0.115. The van der Waals surface area contributed by atoms with Gasteiger partial charge in [-0.05, 0) is 67.9 Å². The number of aromatic nitrogens is 2. The van der Waals surface area contributed by atoms with Crippen molar-refractivity contribution in [2.75, 3.05) is 11.9 Å². The maximum atomic E-state index is 12.9. The number of carbonyl (C=O) groups is 2. The minimum absolute atomic E-state index is 0.178. The number of para-hydroxylation sites is 1. The second-order valence-electron chi connectivity index (χ2n) is 7.51. The minimum Gasteiger partial charge on any atom is -0.343 e. The summed E-state index contributed by atoms with van der Waals surface area (Å²) in [6, 6.07) is 18.9. The molecule has 4 rings (SSSR count). The maximum Gasteiger partial charge on any atom is 0.265 e. The lowest BCUT2D eigenvalue weighted by Gasteiger charge is -2.12. The molecule has 7 nitrogen and oxygen atoms in total. The summed E-state index contributed by atoms with van der Waals surface area (Å²) in [7, 11) is 0. The number of benzene rings is 3. The number of hydrogen-bond acceptors (Lipinski definition) is 4. The van der Waals surface area contributed by atoms with Crippen LogP contribution in [0.25, 0.3) is 16.6 Å². The van der Waals surface area contributed by atoms with Crippen molar-refractivity contribution >= 4 is 40.0 Å². The quantitative estimate of drug-likeness (QED) is 0.470. The van der Waals surface area contributed by atoms with Crippen molar-refractivity contribution in [2.45, 2.75) is 13.8 Å². The first kappa shape index (κ1) is 22.2. The van der Waals surface area contributed by atoms with E-state index in [1.54, 1.807) is 74.5 Å². The lowest BCUT2D eigenvalue weighted by Crippen LogP contribution is -2.33. The van der Waals surface area contributed by atoms with Gasteiger partial charge >= 0.3 is 0 Å². The zero-order valence-electron chi connectivity index (χ0n) is 18.1. The van der Waals surface area contributed by atoms with Crippen LogP contribution >= 0.6 is 11.6 Å². The van der Waals surface area contributed by atoms with Gasteiger partial charge in [-0.3, -0.25) is 19.0 Å². The van der Waals surface area contributed by atoms with Gasteiger partial charge in [-0.15, -0.1) is 0 Å². The fraction of sp³-hybridized carbons (Fsp3) is 0.120. The van der Waals surface area contributed by atoms with Gasteiger partial charge in [0, 0.05) is 16.3 Å². The second-order valence-corrected chi connectivity index (χ2v) is 7.91.